The number of fused-ring (bicyclic) bond motifs is 1. The molecule has 0 saturated carbocycles. The zero-order valence-electron chi connectivity index (χ0n) is 14.4. The quantitative estimate of drug-likeness (QED) is 0.883. The molecule has 1 aromatic carbocycles. The van der Waals surface area contributed by atoms with E-state index in [-0.39, 0.29) is 10.8 Å². The van der Waals surface area contributed by atoms with E-state index in [1.807, 2.05) is 0 Å². The van der Waals surface area contributed by atoms with Crippen LogP contribution < -0.4 is 5.32 Å². The highest BCUT2D eigenvalue weighted by molar-refractivity contribution is 7.92. The summed E-state index contributed by atoms with van der Waals surface area (Å²) in [7, 11) is -1.36. The van der Waals surface area contributed by atoms with E-state index in [0.717, 1.165) is 25.2 Å². The smallest absolute Gasteiger partial charge is 0.257 e. The van der Waals surface area contributed by atoms with Gasteiger partial charge in [0.05, 0.1) is 15.8 Å². The SMILES string of the molecule is CC(C)S(=O)(=O)c1cccc(C(=O)Nc2nc3c(s2)CN(C)CC3)c1. The number of sulfone groups is 1. The van der Waals surface area contributed by atoms with Crippen molar-refractivity contribution in [3.8, 4) is 0 Å². The predicted octanol–water partition coefficient (Wildman–Crippen LogP) is 2.57. The molecule has 6 nitrogen and oxygen atoms in total. The summed E-state index contributed by atoms with van der Waals surface area (Å²) in [5, 5.41) is 2.82. The molecule has 0 aliphatic carbocycles. The second-order valence-corrected chi connectivity index (χ2v) is 10.0. The van der Waals surface area contributed by atoms with Crippen LogP contribution in [0.25, 0.3) is 0 Å². The maximum atomic E-state index is 12.5. The summed E-state index contributed by atoms with van der Waals surface area (Å²) in [5.74, 6) is -0.347. The molecule has 0 unspecified atom stereocenters. The van der Waals surface area contributed by atoms with Crippen LogP contribution in [0.2, 0.25) is 0 Å². The fourth-order valence-electron chi connectivity index (χ4n) is 2.63. The third-order valence-electron chi connectivity index (χ3n) is 4.19. The fraction of sp³-hybridized carbons (Fsp3) is 0.412. The van der Waals surface area contributed by atoms with Crippen molar-refractivity contribution in [1.29, 1.82) is 0 Å². The molecule has 1 amide bonds. The van der Waals surface area contributed by atoms with Crippen molar-refractivity contribution in [2.24, 2.45) is 0 Å². The molecule has 0 spiro atoms. The number of rotatable bonds is 4. The molecule has 1 aliphatic heterocycles. The number of carbonyl (C=O) groups excluding carboxylic acids is 1. The van der Waals surface area contributed by atoms with Crippen molar-refractivity contribution in [2.45, 2.75) is 37.0 Å². The van der Waals surface area contributed by atoms with Gasteiger partial charge in [0, 0.05) is 30.0 Å². The lowest BCUT2D eigenvalue weighted by molar-refractivity contribution is 0.102. The highest BCUT2D eigenvalue weighted by atomic mass is 32.2. The molecular weight excluding hydrogens is 358 g/mol. The minimum Gasteiger partial charge on any atom is -0.301 e. The highest BCUT2D eigenvalue weighted by Gasteiger charge is 2.22. The van der Waals surface area contributed by atoms with Crippen molar-refractivity contribution in [1.82, 2.24) is 9.88 Å². The molecule has 8 heteroatoms. The number of amides is 1. The van der Waals surface area contributed by atoms with Crippen molar-refractivity contribution < 1.29 is 13.2 Å². The highest BCUT2D eigenvalue weighted by Crippen LogP contribution is 2.28. The third-order valence-corrected chi connectivity index (χ3v) is 7.34. The Bertz CT molecular complexity index is 904. The number of nitrogens with zero attached hydrogens (tertiary/aromatic N) is 2. The summed E-state index contributed by atoms with van der Waals surface area (Å²) in [6, 6.07) is 6.14. The Kier molecular flexibility index (Phi) is 4.95. The van der Waals surface area contributed by atoms with Crippen molar-refractivity contribution in [2.75, 3.05) is 18.9 Å². The van der Waals surface area contributed by atoms with Gasteiger partial charge in [-0.15, -0.1) is 11.3 Å². The summed E-state index contributed by atoms with van der Waals surface area (Å²) in [6.45, 7) is 5.04. The molecule has 3 rings (SSSR count). The Morgan fingerprint density at radius 1 is 1.36 bits per heavy atom. The van der Waals surface area contributed by atoms with Crippen LogP contribution >= 0.6 is 11.3 Å². The number of aromatic nitrogens is 1. The lowest BCUT2D eigenvalue weighted by atomic mass is 10.2. The van der Waals surface area contributed by atoms with Gasteiger partial charge in [-0.1, -0.05) is 6.07 Å². The minimum atomic E-state index is -3.41. The molecule has 2 heterocycles. The van der Waals surface area contributed by atoms with E-state index in [1.54, 1.807) is 26.0 Å². The first-order chi connectivity index (χ1) is 11.8. The molecule has 0 saturated heterocycles. The minimum absolute atomic E-state index is 0.162. The van der Waals surface area contributed by atoms with Gasteiger partial charge in [0.25, 0.3) is 5.91 Å². The average molecular weight is 380 g/mol. The normalized spacial score (nSPS) is 15.2. The first-order valence-corrected chi connectivity index (χ1v) is 10.5. The number of hydrogen-bond acceptors (Lipinski definition) is 6. The van der Waals surface area contributed by atoms with Crippen LogP contribution in [0.15, 0.2) is 29.2 Å². The van der Waals surface area contributed by atoms with Crippen LogP contribution in [0.5, 0.6) is 0 Å². The van der Waals surface area contributed by atoms with Crippen molar-refractivity contribution in [3.05, 3.63) is 40.4 Å². The van der Waals surface area contributed by atoms with Crippen LogP contribution in [0.1, 0.15) is 34.8 Å². The summed E-state index contributed by atoms with van der Waals surface area (Å²) in [6.07, 6.45) is 0.875. The maximum Gasteiger partial charge on any atom is 0.257 e. The molecule has 2 aromatic rings. The Morgan fingerprint density at radius 3 is 2.84 bits per heavy atom. The maximum absolute atomic E-state index is 12.5. The monoisotopic (exact) mass is 379 g/mol. The number of carbonyl (C=O) groups is 1. The van der Waals surface area contributed by atoms with E-state index in [2.05, 4.69) is 22.2 Å². The number of benzene rings is 1. The lowest BCUT2D eigenvalue weighted by Crippen LogP contribution is -2.25. The van der Waals surface area contributed by atoms with Gasteiger partial charge in [-0.05, 0) is 39.1 Å². The largest absolute Gasteiger partial charge is 0.301 e. The van der Waals surface area contributed by atoms with E-state index in [1.165, 1.54) is 28.3 Å². The molecular formula is C17H21N3O3S2. The van der Waals surface area contributed by atoms with Crippen LogP contribution in [-0.2, 0) is 22.8 Å². The summed E-state index contributed by atoms with van der Waals surface area (Å²) in [4.78, 5) is 20.5. The molecule has 134 valence electrons. The Labute approximate surface area is 151 Å². The molecule has 1 N–H and O–H groups in total. The number of nitrogens with one attached hydrogen (secondary N) is 1. The fourth-order valence-corrected chi connectivity index (χ4v) is 4.82. The van der Waals surface area contributed by atoms with Crippen LogP contribution in [0, 0.1) is 0 Å². The zero-order chi connectivity index (χ0) is 18.2. The molecule has 1 aromatic heterocycles. The summed E-state index contributed by atoms with van der Waals surface area (Å²) in [5.41, 5.74) is 1.35. The van der Waals surface area contributed by atoms with Crippen LogP contribution in [0.4, 0.5) is 5.13 Å². The standard InChI is InChI=1S/C17H21N3O3S2/c1-11(2)25(22,23)13-6-4-5-12(9-13)16(21)19-17-18-14-7-8-20(3)10-15(14)24-17/h4-6,9,11H,7-8,10H2,1-3H3,(H,18,19,21). The summed E-state index contributed by atoms with van der Waals surface area (Å²) >= 11 is 1.47. The van der Waals surface area contributed by atoms with E-state index in [9.17, 15) is 13.2 Å². The second kappa shape index (κ2) is 6.86. The average Bonchev–Trinajstić information content (AvgIpc) is 2.96. The van der Waals surface area contributed by atoms with Crippen molar-refractivity contribution in [3.63, 3.8) is 0 Å². The molecule has 0 fully saturated rings. The molecule has 1 aliphatic rings. The first kappa shape index (κ1) is 18.0. The van der Waals surface area contributed by atoms with Gasteiger partial charge < -0.3 is 4.90 Å². The Balaban J connectivity index is 1.81. The number of anilines is 1. The van der Waals surface area contributed by atoms with Crippen LogP contribution in [-0.4, -0.2) is 43.1 Å². The first-order valence-electron chi connectivity index (χ1n) is 8.10. The van der Waals surface area contributed by atoms with Gasteiger partial charge in [0.1, 0.15) is 0 Å². The molecule has 0 atom stereocenters. The lowest BCUT2D eigenvalue weighted by Gasteiger charge is -2.20. The molecule has 25 heavy (non-hydrogen) atoms. The van der Waals surface area contributed by atoms with Gasteiger partial charge in [-0.3, -0.25) is 10.1 Å². The molecule has 0 bridgehead atoms. The molecule has 0 radical (unpaired) electrons. The van der Waals surface area contributed by atoms with Gasteiger partial charge in [0.2, 0.25) is 0 Å². The zero-order valence-corrected chi connectivity index (χ0v) is 16.1. The third kappa shape index (κ3) is 3.75. The van der Waals surface area contributed by atoms with Gasteiger partial charge in [0.15, 0.2) is 15.0 Å². The van der Waals surface area contributed by atoms with Gasteiger partial charge >= 0.3 is 0 Å². The van der Waals surface area contributed by atoms with Gasteiger partial charge in [-0.25, -0.2) is 13.4 Å². The number of likely N-dealkylation sites (N-methyl/N-ethyl adjacent to an activating group) is 1. The van der Waals surface area contributed by atoms with E-state index in [0.29, 0.717) is 10.7 Å². The van der Waals surface area contributed by atoms with E-state index in [4.69, 9.17) is 0 Å². The van der Waals surface area contributed by atoms with E-state index < -0.39 is 15.1 Å². The predicted molar refractivity (Wildman–Crippen MR) is 98.9 cm³/mol. The number of thiazole rings is 1. The van der Waals surface area contributed by atoms with E-state index >= 15 is 0 Å². The summed E-state index contributed by atoms with van der Waals surface area (Å²) < 4.78 is 24.6. The topological polar surface area (TPSA) is 79.4 Å². The Morgan fingerprint density at radius 2 is 2.12 bits per heavy atom. The van der Waals surface area contributed by atoms with Crippen molar-refractivity contribution >= 4 is 32.2 Å². The number of hydrogen-bond donors (Lipinski definition) is 1. The van der Waals surface area contributed by atoms with Gasteiger partial charge in [-0.2, -0.15) is 0 Å². The van der Waals surface area contributed by atoms with Crippen LogP contribution in [0.3, 0.4) is 0 Å². The Hall–Kier alpha value is -1.77. The second-order valence-electron chi connectivity index (χ2n) is 6.45.